The van der Waals surface area contributed by atoms with E-state index in [0.29, 0.717) is 6.54 Å². The quantitative estimate of drug-likeness (QED) is 0.672. The zero-order valence-electron chi connectivity index (χ0n) is 15.9. The molecular formula is C19H25N7O. The fourth-order valence-corrected chi connectivity index (χ4v) is 2.84. The molecule has 8 nitrogen and oxygen atoms in total. The van der Waals surface area contributed by atoms with Crippen LogP contribution in [0.1, 0.15) is 43.3 Å². The summed E-state index contributed by atoms with van der Waals surface area (Å²) in [6.45, 7) is 4.57. The van der Waals surface area contributed by atoms with Gasteiger partial charge in [0.2, 0.25) is 0 Å². The van der Waals surface area contributed by atoms with Crippen LogP contribution in [0.15, 0.2) is 43.0 Å². The average Bonchev–Trinajstić information content (AvgIpc) is 3.34. The monoisotopic (exact) mass is 367 g/mol. The predicted octanol–water partition coefficient (Wildman–Crippen LogP) is 2.85. The van der Waals surface area contributed by atoms with E-state index < -0.39 is 0 Å². The SMILES string of the molecule is CCCc1cc(CN(C)C(=O)N[C@H](C)c2ccc(-n3cncn3)cc2)[nH]n1. The average molecular weight is 367 g/mol. The maximum absolute atomic E-state index is 12.5. The van der Waals surface area contributed by atoms with Crippen molar-refractivity contribution in [1.29, 1.82) is 0 Å². The highest BCUT2D eigenvalue weighted by atomic mass is 16.2. The largest absolute Gasteiger partial charge is 0.331 e. The van der Waals surface area contributed by atoms with Gasteiger partial charge in [0.05, 0.1) is 29.7 Å². The van der Waals surface area contributed by atoms with Gasteiger partial charge in [0, 0.05) is 7.05 Å². The lowest BCUT2D eigenvalue weighted by Gasteiger charge is -2.21. The first-order valence-corrected chi connectivity index (χ1v) is 9.06. The number of carbonyl (C=O) groups is 1. The fourth-order valence-electron chi connectivity index (χ4n) is 2.84. The van der Waals surface area contributed by atoms with Gasteiger partial charge in [-0.15, -0.1) is 0 Å². The third kappa shape index (κ3) is 4.72. The molecule has 0 saturated heterocycles. The molecule has 27 heavy (non-hydrogen) atoms. The summed E-state index contributed by atoms with van der Waals surface area (Å²) in [5.74, 6) is 0. The number of nitrogens with zero attached hydrogens (tertiary/aromatic N) is 5. The van der Waals surface area contributed by atoms with Gasteiger partial charge in [0.25, 0.3) is 0 Å². The second-order valence-electron chi connectivity index (χ2n) is 6.59. The van der Waals surface area contributed by atoms with Crippen LogP contribution in [0.3, 0.4) is 0 Å². The van der Waals surface area contributed by atoms with Gasteiger partial charge in [0.15, 0.2) is 0 Å². The summed E-state index contributed by atoms with van der Waals surface area (Å²) >= 11 is 0. The minimum atomic E-state index is -0.130. The molecule has 0 radical (unpaired) electrons. The molecular weight excluding hydrogens is 342 g/mol. The highest BCUT2D eigenvalue weighted by Gasteiger charge is 2.15. The zero-order chi connectivity index (χ0) is 19.2. The van der Waals surface area contributed by atoms with Crippen LogP contribution < -0.4 is 5.32 Å². The van der Waals surface area contributed by atoms with E-state index in [9.17, 15) is 4.79 Å². The van der Waals surface area contributed by atoms with Gasteiger partial charge in [-0.25, -0.2) is 14.5 Å². The molecule has 1 aromatic carbocycles. The lowest BCUT2D eigenvalue weighted by Crippen LogP contribution is -2.38. The van der Waals surface area contributed by atoms with Crippen LogP contribution in [0.25, 0.3) is 5.69 Å². The predicted molar refractivity (Wildman–Crippen MR) is 102 cm³/mol. The molecule has 2 N–H and O–H groups in total. The summed E-state index contributed by atoms with van der Waals surface area (Å²) in [6, 6.07) is 9.64. The summed E-state index contributed by atoms with van der Waals surface area (Å²) < 4.78 is 1.69. The van der Waals surface area contributed by atoms with Crippen LogP contribution in [-0.2, 0) is 13.0 Å². The number of benzene rings is 1. The number of H-pyrrole nitrogens is 1. The van der Waals surface area contributed by atoms with Crippen molar-refractivity contribution in [3.63, 3.8) is 0 Å². The van der Waals surface area contributed by atoms with Crippen LogP contribution in [-0.4, -0.2) is 42.9 Å². The molecule has 2 amide bonds. The number of hydrogen-bond acceptors (Lipinski definition) is 4. The van der Waals surface area contributed by atoms with Crippen molar-refractivity contribution in [2.75, 3.05) is 7.05 Å². The highest BCUT2D eigenvalue weighted by molar-refractivity contribution is 5.74. The van der Waals surface area contributed by atoms with Crippen molar-refractivity contribution >= 4 is 6.03 Å². The van der Waals surface area contributed by atoms with Gasteiger partial charge >= 0.3 is 6.03 Å². The molecule has 142 valence electrons. The Kier molecular flexibility index (Phi) is 5.85. The van der Waals surface area contributed by atoms with Crippen molar-refractivity contribution in [2.24, 2.45) is 0 Å². The number of rotatable bonds is 7. The Balaban J connectivity index is 1.56. The van der Waals surface area contributed by atoms with E-state index in [-0.39, 0.29) is 12.1 Å². The normalized spacial score (nSPS) is 12.0. The van der Waals surface area contributed by atoms with E-state index in [4.69, 9.17) is 0 Å². The van der Waals surface area contributed by atoms with Crippen molar-refractivity contribution < 1.29 is 4.79 Å². The van der Waals surface area contributed by atoms with Crippen molar-refractivity contribution in [2.45, 2.75) is 39.3 Å². The fraction of sp³-hybridized carbons (Fsp3) is 0.368. The molecule has 0 aliphatic heterocycles. The maximum atomic E-state index is 12.5. The third-order valence-electron chi connectivity index (χ3n) is 4.36. The number of aromatic amines is 1. The first-order valence-electron chi connectivity index (χ1n) is 9.06. The van der Waals surface area contributed by atoms with E-state index >= 15 is 0 Å². The number of aromatic nitrogens is 5. The number of urea groups is 1. The van der Waals surface area contributed by atoms with Gasteiger partial charge in [-0.1, -0.05) is 25.5 Å². The minimum Gasteiger partial charge on any atom is -0.331 e. The lowest BCUT2D eigenvalue weighted by molar-refractivity contribution is 0.203. The topological polar surface area (TPSA) is 91.7 Å². The van der Waals surface area contributed by atoms with E-state index in [1.54, 1.807) is 23.0 Å². The van der Waals surface area contributed by atoms with Crippen molar-refractivity contribution in [3.8, 4) is 5.69 Å². The summed E-state index contributed by atoms with van der Waals surface area (Å²) in [4.78, 5) is 18.1. The van der Waals surface area contributed by atoms with E-state index in [1.807, 2.05) is 37.3 Å². The van der Waals surface area contributed by atoms with Crippen LogP contribution in [0.5, 0.6) is 0 Å². The van der Waals surface area contributed by atoms with Gasteiger partial charge in [-0.05, 0) is 37.1 Å². The molecule has 0 unspecified atom stereocenters. The molecule has 0 spiro atoms. The Morgan fingerprint density at radius 2 is 2.11 bits per heavy atom. The van der Waals surface area contributed by atoms with Crippen LogP contribution in [0.4, 0.5) is 4.79 Å². The molecule has 3 rings (SSSR count). The molecule has 3 aromatic rings. The molecule has 0 saturated carbocycles. The first kappa shape index (κ1) is 18.6. The van der Waals surface area contributed by atoms with Gasteiger partial charge < -0.3 is 10.2 Å². The van der Waals surface area contributed by atoms with Gasteiger partial charge in [0.1, 0.15) is 12.7 Å². The van der Waals surface area contributed by atoms with Crippen molar-refractivity contribution in [1.82, 2.24) is 35.2 Å². The highest BCUT2D eigenvalue weighted by Crippen LogP contribution is 2.15. The minimum absolute atomic E-state index is 0.109. The zero-order valence-corrected chi connectivity index (χ0v) is 15.9. The Bertz CT molecular complexity index is 855. The summed E-state index contributed by atoms with van der Waals surface area (Å²) in [5, 5.41) is 14.4. The first-order chi connectivity index (χ1) is 13.1. The third-order valence-corrected chi connectivity index (χ3v) is 4.36. The van der Waals surface area contributed by atoms with E-state index in [2.05, 4.69) is 32.5 Å². The Hall–Kier alpha value is -3.16. The van der Waals surface area contributed by atoms with E-state index in [0.717, 1.165) is 35.5 Å². The van der Waals surface area contributed by atoms with E-state index in [1.165, 1.54) is 6.33 Å². The molecule has 1 atom stereocenters. The summed E-state index contributed by atoms with van der Waals surface area (Å²) in [5.41, 5.74) is 3.91. The Labute approximate surface area is 158 Å². The standard InChI is InChI=1S/C19H25N7O/c1-4-5-16-10-17(24-23-16)11-25(3)19(27)22-14(2)15-6-8-18(9-7-15)26-13-20-12-21-26/h6-10,12-14H,4-5,11H2,1-3H3,(H,22,27)(H,23,24)/t14-/m1/s1. The van der Waals surface area contributed by atoms with Crippen LogP contribution >= 0.6 is 0 Å². The van der Waals surface area contributed by atoms with Crippen molar-refractivity contribution in [3.05, 3.63) is 59.9 Å². The molecule has 2 aromatic heterocycles. The van der Waals surface area contributed by atoms with Gasteiger partial charge in [-0.3, -0.25) is 5.10 Å². The maximum Gasteiger partial charge on any atom is 0.317 e. The number of carbonyl (C=O) groups excluding carboxylic acids is 1. The second kappa shape index (κ2) is 8.48. The Morgan fingerprint density at radius 3 is 2.78 bits per heavy atom. The molecule has 0 aliphatic rings. The number of aryl methyl sites for hydroxylation is 1. The number of nitrogens with one attached hydrogen (secondary N) is 2. The molecule has 0 aliphatic carbocycles. The molecule has 0 bridgehead atoms. The molecule has 8 heteroatoms. The number of amides is 2. The smallest absolute Gasteiger partial charge is 0.317 e. The Morgan fingerprint density at radius 1 is 1.33 bits per heavy atom. The summed E-state index contributed by atoms with van der Waals surface area (Å²) in [6.07, 6.45) is 5.13. The second-order valence-corrected chi connectivity index (χ2v) is 6.59. The van der Waals surface area contributed by atoms with Gasteiger partial charge in [-0.2, -0.15) is 10.2 Å². The lowest BCUT2D eigenvalue weighted by atomic mass is 10.1. The number of hydrogen-bond donors (Lipinski definition) is 2. The molecule has 0 fully saturated rings. The van der Waals surface area contributed by atoms with Crippen LogP contribution in [0.2, 0.25) is 0 Å². The molecule has 2 heterocycles. The summed E-state index contributed by atoms with van der Waals surface area (Å²) in [7, 11) is 1.77. The van der Waals surface area contributed by atoms with Crippen LogP contribution in [0, 0.1) is 0 Å².